The molecule has 1 saturated heterocycles. The van der Waals surface area contributed by atoms with Crippen LogP contribution >= 0.6 is 11.3 Å². The fourth-order valence-electron chi connectivity index (χ4n) is 2.68. The first-order valence-corrected chi connectivity index (χ1v) is 8.89. The summed E-state index contributed by atoms with van der Waals surface area (Å²) < 4.78 is 0. The first-order chi connectivity index (χ1) is 10.7. The van der Waals surface area contributed by atoms with E-state index >= 15 is 0 Å². The van der Waals surface area contributed by atoms with Crippen molar-refractivity contribution < 1.29 is 4.79 Å². The van der Waals surface area contributed by atoms with Gasteiger partial charge in [-0.25, -0.2) is 9.78 Å². The monoisotopic (exact) mass is 322 g/mol. The second kappa shape index (κ2) is 8.78. The van der Waals surface area contributed by atoms with Gasteiger partial charge in [-0.15, -0.1) is 17.9 Å². The van der Waals surface area contributed by atoms with Crippen molar-refractivity contribution in [1.82, 2.24) is 15.6 Å². The third-order valence-corrected chi connectivity index (χ3v) is 4.78. The minimum atomic E-state index is -0.0428. The molecule has 5 nitrogen and oxygen atoms in total. The van der Waals surface area contributed by atoms with Crippen LogP contribution in [-0.4, -0.2) is 36.2 Å². The Morgan fingerprint density at radius 3 is 3.00 bits per heavy atom. The summed E-state index contributed by atoms with van der Waals surface area (Å²) in [6.07, 6.45) is 8.76. The Morgan fingerprint density at radius 2 is 2.36 bits per heavy atom. The van der Waals surface area contributed by atoms with Crippen LogP contribution < -0.4 is 15.5 Å². The van der Waals surface area contributed by atoms with Crippen molar-refractivity contribution in [2.45, 2.75) is 51.1 Å². The van der Waals surface area contributed by atoms with Gasteiger partial charge in [0.05, 0.1) is 0 Å². The number of hydrogen-bond donors (Lipinski definition) is 2. The molecule has 1 atom stereocenters. The SMILES string of the molecule is C=CCCC[C@@H](C)NC(=O)NC1CCN(c2nccs2)CC1. The van der Waals surface area contributed by atoms with Crippen LogP contribution in [0.25, 0.3) is 0 Å². The van der Waals surface area contributed by atoms with E-state index in [-0.39, 0.29) is 18.1 Å². The molecule has 1 aliphatic rings. The number of carbonyl (C=O) groups is 1. The summed E-state index contributed by atoms with van der Waals surface area (Å²) in [7, 11) is 0. The van der Waals surface area contributed by atoms with Crippen LogP contribution in [0.1, 0.15) is 39.0 Å². The predicted molar refractivity (Wildman–Crippen MR) is 92.5 cm³/mol. The minimum absolute atomic E-state index is 0.0428. The number of carbonyl (C=O) groups excluding carboxylic acids is 1. The van der Waals surface area contributed by atoms with E-state index in [2.05, 4.69) is 27.1 Å². The first-order valence-electron chi connectivity index (χ1n) is 8.01. The van der Waals surface area contributed by atoms with Gasteiger partial charge in [-0.05, 0) is 39.0 Å². The van der Waals surface area contributed by atoms with Gasteiger partial charge in [0, 0.05) is 36.8 Å². The van der Waals surface area contributed by atoms with Crippen LogP contribution in [0.15, 0.2) is 24.2 Å². The molecule has 0 radical (unpaired) electrons. The quantitative estimate of drug-likeness (QED) is 0.599. The largest absolute Gasteiger partial charge is 0.348 e. The van der Waals surface area contributed by atoms with Gasteiger partial charge in [0.1, 0.15) is 0 Å². The Kier molecular flexibility index (Phi) is 6.71. The predicted octanol–water partition coefficient (Wildman–Crippen LogP) is 3.16. The highest BCUT2D eigenvalue weighted by atomic mass is 32.1. The number of anilines is 1. The molecule has 2 amide bonds. The lowest BCUT2D eigenvalue weighted by Gasteiger charge is -2.32. The molecule has 0 spiro atoms. The van der Waals surface area contributed by atoms with E-state index in [4.69, 9.17) is 0 Å². The number of allylic oxidation sites excluding steroid dienone is 1. The van der Waals surface area contributed by atoms with E-state index in [1.54, 1.807) is 11.3 Å². The lowest BCUT2D eigenvalue weighted by Crippen LogP contribution is -2.49. The highest BCUT2D eigenvalue weighted by Crippen LogP contribution is 2.21. The summed E-state index contributed by atoms with van der Waals surface area (Å²) in [5.41, 5.74) is 0. The minimum Gasteiger partial charge on any atom is -0.348 e. The number of amides is 2. The zero-order valence-corrected chi connectivity index (χ0v) is 14.1. The highest BCUT2D eigenvalue weighted by Gasteiger charge is 2.22. The van der Waals surface area contributed by atoms with Crippen molar-refractivity contribution in [1.29, 1.82) is 0 Å². The molecule has 122 valence electrons. The first kappa shape index (κ1) is 16.8. The molecule has 1 aromatic heterocycles. The van der Waals surface area contributed by atoms with Crippen molar-refractivity contribution in [2.75, 3.05) is 18.0 Å². The van der Waals surface area contributed by atoms with E-state index in [9.17, 15) is 4.79 Å². The van der Waals surface area contributed by atoms with E-state index in [1.165, 1.54) is 0 Å². The van der Waals surface area contributed by atoms with Gasteiger partial charge in [-0.3, -0.25) is 0 Å². The Hall–Kier alpha value is -1.56. The molecule has 6 heteroatoms. The molecule has 2 rings (SSSR count). The standard InChI is InChI=1S/C16H26N4OS/c1-3-4-5-6-13(2)18-15(21)19-14-7-10-20(11-8-14)16-17-9-12-22-16/h3,9,12-14H,1,4-8,10-11H2,2H3,(H2,18,19,21)/t13-/m1/s1. The molecular weight excluding hydrogens is 296 g/mol. The summed E-state index contributed by atoms with van der Waals surface area (Å²) in [5.74, 6) is 0. The molecule has 1 aliphatic heterocycles. The fourth-order valence-corrected chi connectivity index (χ4v) is 3.38. The van der Waals surface area contributed by atoms with Gasteiger partial charge in [0.15, 0.2) is 5.13 Å². The average molecular weight is 322 g/mol. The number of nitrogens with zero attached hydrogens (tertiary/aromatic N) is 2. The van der Waals surface area contributed by atoms with E-state index in [0.29, 0.717) is 0 Å². The van der Waals surface area contributed by atoms with E-state index in [1.807, 2.05) is 24.6 Å². The zero-order chi connectivity index (χ0) is 15.8. The summed E-state index contributed by atoms with van der Waals surface area (Å²) >= 11 is 1.67. The molecule has 1 fully saturated rings. The smallest absolute Gasteiger partial charge is 0.315 e. The lowest BCUT2D eigenvalue weighted by atomic mass is 10.1. The lowest BCUT2D eigenvalue weighted by molar-refractivity contribution is 0.230. The van der Waals surface area contributed by atoms with Gasteiger partial charge in [-0.2, -0.15) is 0 Å². The number of piperidine rings is 1. The Morgan fingerprint density at radius 1 is 1.59 bits per heavy atom. The molecule has 0 aromatic carbocycles. The maximum absolute atomic E-state index is 12.0. The fraction of sp³-hybridized carbons (Fsp3) is 0.625. The van der Waals surface area contributed by atoms with Crippen molar-refractivity contribution >= 4 is 22.5 Å². The van der Waals surface area contributed by atoms with Gasteiger partial charge in [0.2, 0.25) is 0 Å². The van der Waals surface area contributed by atoms with E-state index < -0.39 is 0 Å². The maximum atomic E-state index is 12.0. The van der Waals surface area contributed by atoms with Crippen molar-refractivity contribution in [3.05, 3.63) is 24.2 Å². The number of unbranched alkanes of at least 4 members (excludes halogenated alkanes) is 1. The molecule has 0 bridgehead atoms. The number of thiazole rings is 1. The van der Waals surface area contributed by atoms with Gasteiger partial charge < -0.3 is 15.5 Å². The Balaban J connectivity index is 1.65. The van der Waals surface area contributed by atoms with Crippen molar-refractivity contribution in [2.24, 2.45) is 0 Å². The molecule has 0 aliphatic carbocycles. The number of hydrogen-bond acceptors (Lipinski definition) is 4. The van der Waals surface area contributed by atoms with E-state index in [0.717, 1.165) is 50.3 Å². The molecule has 1 aromatic rings. The molecule has 2 N–H and O–H groups in total. The zero-order valence-electron chi connectivity index (χ0n) is 13.3. The summed E-state index contributed by atoms with van der Waals surface area (Å²) in [6.45, 7) is 7.67. The number of urea groups is 1. The van der Waals surface area contributed by atoms with Crippen LogP contribution in [0.2, 0.25) is 0 Å². The summed E-state index contributed by atoms with van der Waals surface area (Å²) in [5, 5.41) is 9.19. The Labute approximate surface area is 136 Å². The topological polar surface area (TPSA) is 57.3 Å². The third kappa shape index (κ3) is 5.33. The second-order valence-corrected chi connectivity index (χ2v) is 6.69. The van der Waals surface area contributed by atoms with Crippen LogP contribution in [0.5, 0.6) is 0 Å². The average Bonchev–Trinajstić information content (AvgIpc) is 3.02. The number of nitrogens with one attached hydrogen (secondary N) is 2. The molecule has 2 heterocycles. The molecule has 0 unspecified atom stereocenters. The van der Waals surface area contributed by atoms with Crippen LogP contribution in [0.4, 0.5) is 9.93 Å². The van der Waals surface area contributed by atoms with Gasteiger partial charge in [0.25, 0.3) is 0 Å². The summed E-state index contributed by atoms with van der Waals surface area (Å²) in [6, 6.07) is 0.422. The molecular formula is C16H26N4OS. The molecule has 22 heavy (non-hydrogen) atoms. The number of aromatic nitrogens is 1. The highest BCUT2D eigenvalue weighted by molar-refractivity contribution is 7.13. The van der Waals surface area contributed by atoms with Crippen LogP contribution in [0, 0.1) is 0 Å². The maximum Gasteiger partial charge on any atom is 0.315 e. The Bertz CT molecular complexity index is 455. The van der Waals surface area contributed by atoms with Crippen molar-refractivity contribution in [3.8, 4) is 0 Å². The van der Waals surface area contributed by atoms with Gasteiger partial charge >= 0.3 is 6.03 Å². The number of rotatable bonds is 7. The van der Waals surface area contributed by atoms with Crippen LogP contribution in [-0.2, 0) is 0 Å². The van der Waals surface area contributed by atoms with Crippen molar-refractivity contribution in [3.63, 3.8) is 0 Å². The third-order valence-electron chi connectivity index (χ3n) is 3.94. The van der Waals surface area contributed by atoms with Gasteiger partial charge in [-0.1, -0.05) is 6.08 Å². The normalized spacial score (nSPS) is 17.0. The second-order valence-electron chi connectivity index (χ2n) is 5.81. The summed E-state index contributed by atoms with van der Waals surface area (Å²) in [4.78, 5) is 18.6. The molecule has 0 saturated carbocycles. The van der Waals surface area contributed by atoms with Crippen LogP contribution in [0.3, 0.4) is 0 Å².